The van der Waals surface area contributed by atoms with Crippen molar-refractivity contribution in [1.29, 1.82) is 0 Å². The molecule has 122 valence electrons. The second-order valence-corrected chi connectivity index (χ2v) is 5.94. The molecule has 2 aromatic rings. The van der Waals surface area contributed by atoms with E-state index in [-0.39, 0.29) is 20.9 Å². The first kappa shape index (κ1) is 17.7. The molecule has 0 aliphatic carbocycles. The zero-order chi connectivity index (χ0) is 17.0. The largest absolute Gasteiger partial charge is 0.431 e. The Kier molecular flexibility index (Phi) is 5.96. The summed E-state index contributed by atoms with van der Waals surface area (Å²) in [5, 5.41) is 2.81. The van der Waals surface area contributed by atoms with E-state index >= 15 is 0 Å². The third-order valence-corrected chi connectivity index (χ3v) is 3.90. The molecule has 1 N–H and O–H groups in total. The van der Waals surface area contributed by atoms with Crippen LogP contribution in [-0.4, -0.2) is 12.5 Å². The van der Waals surface area contributed by atoms with Gasteiger partial charge in [0.1, 0.15) is 0 Å². The van der Waals surface area contributed by atoms with Crippen LogP contribution >= 0.6 is 27.5 Å². The van der Waals surface area contributed by atoms with Crippen LogP contribution in [0.2, 0.25) is 5.02 Å². The van der Waals surface area contributed by atoms with Crippen LogP contribution in [0.1, 0.15) is 22.8 Å². The van der Waals surface area contributed by atoms with Crippen molar-refractivity contribution >= 4 is 39.1 Å². The Balaban J connectivity index is 2.28. The van der Waals surface area contributed by atoms with E-state index in [4.69, 9.17) is 11.6 Å². The van der Waals surface area contributed by atoms with Gasteiger partial charge in [-0.3, -0.25) is 4.79 Å². The minimum Gasteiger partial charge on any atom is -0.431 e. The molecule has 0 fully saturated rings. The minimum absolute atomic E-state index is 0.0641. The number of hydrogen-bond acceptors (Lipinski definition) is 2. The Labute approximate surface area is 145 Å². The number of rotatable bonds is 5. The molecule has 0 atom stereocenters. The van der Waals surface area contributed by atoms with Crippen LogP contribution in [0.5, 0.6) is 5.75 Å². The van der Waals surface area contributed by atoms with Gasteiger partial charge in [-0.05, 0) is 52.2 Å². The van der Waals surface area contributed by atoms with Crippen LogP contribution in [0.25, 0.3) is 0 Å². The van der Waals surface area contributed by atoms with Crippen molar-refractivity contribution in [2.24, 2.45) is 0 Å². The Morgan fingerprint density at radius 2 is 1.96 bits per heavy atom. The lowest BCUT2D eigenvalue weighted by Crippen LogP contribution is -2.14. The maximum Gasteiger partial charge on any atom is 0.387 e. The first-order chi connectivity index (χ1) is 10.9. The Morgan fingerprint density at radius 1 is 1.30 bits per heavy atom. The van der Waals surface area contributed by atoms with E-state index in [9.17, 15) is 13.6 Å². The van der Waals surface area contributed by atoms with Gasteiger partial charge in [0.15, 0.2) is 5.75 Å². The quantitative estimate of drug-likeness (QED) is 0.713. The second-order valence-electron chi connectivity index (χ2n) is 4.65. The van der Waals surface area contributed by atoms with Gasteiger partial charge in [0.25, 0.3) is 5.91 Å². The number of halogens is 4. The molecule has 0 spiro atoms. The summed E-state index contributed by atoms with van der Waals surface area (Å²) < 4.78 is 29.7. The van der Waals surface area contributed by atoms with E-state index < -0.39 is 12.5 Å². The van der Waals surface area contributed by atoms with Crippen molar-refractivity contribution < 1.29 is 18.3 Å². The molecule has 1 amide bonds. The number of aryl methyl sites for hydroxylation is 1. The summed E-state index contributed by atoms with van der Waals surface area (Å²) in [6.45, 7) is -1.01. The summed E-state index contributed by atoms with van der Waals surface area (Å²) in [4.78, 5) is 12.3. The molecule has 0 heterocycles. The summed E-state index contributed by atoms with van der Waals surface area (Å²) in [6.07, 6.45) is 0.857. The number of amides is 1. The van der Waals surface area contributed by atoms with Gasteiger partial charge in [-0.1, -0.05) is 30.7 Å². The molecular formula is C16H13BrClF2NO2. The van der Waals surface area contributed by atoms with Gasteiger partial charge in [-0.15, -0.1) is 0 Å². The molecule has 0 aromatic heterocycles. The molecule has 0 saturated carbocycles. The topological polar surface area (TPSA) is 38.3 Å². The maximum atomic E-state index is 12.5. The fourth-order valence-electron chi connectivity index (χ4n) is 1.95. The van der Waals surface area contributed by atoms with E-state index in [1.165, 1.54) is 12.1 Å². The van der Waals surface area contributed by atoms with Gasteiger partial charge in [0, 0.05) is 10.6 Å². The fraction of sp³-hybridized carbons (Fsp3) is 0.188. The molecule has 3 nitrogen and oxygen atoms in total. The van der Waals surface area contributed by atoms with Gasteiger partial charge in [-0.2, -0.15) is 8.78 Å². The standard InChI is InChI=1S/C16H13BrClF2NO2/c1-2-9-3-5-10(6-4-9)15(22)21-13-8-11(18)7-12(17)14(13)23-16(19)20/h3-8,16H,2H2,1H3,(H,21,22). The highest BCUT2D eigenvalue weighted by molar-refractivity contribution is 9.10. The van der Waals surface area contributed by atoms with Gasteiger partial charge < -0.3 is 10.1 Å². The van der Waals surface area contributed by atoms with Crippen molar-refractivity contribution in [2.45, 2.75) is 20.0 Å². The number of anilines is 1. The Bertz CT molecular complexity index is 708. The van der Waals surface area contributed by atoms with Crippen LogP contribution in [0.15, 0.2) is 40.9 Å². The highest BCUT2D eigenvalue weighted by Gasteiger charge is 2.17. The van der Waals surface area contributed by atoms with E-state index in [2.05, 4.69) is 26.0 Å². The van der Waals surface area contributed by atoms with Gasteiger partial charge in [0.2, 0.25) is 0 Å². The first-order valence-corrected chi connectivity index (χ1v) is 7.92. The zero-order valence-corrected chi connectivity index (χ0v) is 14.4. The van der Waals surface area contributed by atoms with Crippen molar-refractivity contribution in [3.63, 3.8) is 0 Å². The number of carbonyl (C=O) groups excluding carboxylic acids is 1. The molecule has 0 saturated heterocycles. The zero-order valence-electron chi connectivity index (χ0n) is 12.1. The van der Waals surface area contributed by atoms with E-state index in [0.717, 1.165) is 12.0 Å². The minimum atomic E-state index is -3.02. The fourth-order valence-corrected chi connectivity index (χ4v) is 2.85. The summed E-state index contributed by atoms with van der Waals surface area (Å²) in [6, 6.07) is 9.76. The Hall–Kier alpha value is -1.66. The lowest BCUT2D eigenvalue weighted by atomic mass is 10.1. The number of alkyl halides is 2. The van der Waals surface area contributed by atoms with Crippen molar-refractivity contribution in [1.82, 2.24) is 0 Å². The van der Waals surface area contributed by atoms with Crippen LogP contribution < -0.4 is 10.1 Å². The smallest absolute Gasteiger partial charge is 0.387 e. The normalized spacial score (nSPS) is 10.7. The van der Waals surface area contributed by atoms with Crippen LogP contribution in [-0.2, 0) is 6.42 Å². The predicted octanol–water partition coefficient (Wildman–Crippen LogP) is 5.52. The summed E-state index contributed by atoms with van der Waals surface area (Å²) in [5.41, 5.74) is 1.56. The second kappa shape index (κ2) is 7.75. The molecule has 0 aliphatic heterocycles. The number of benzene rings is 2. The number of hydrogen-bond donors (Lipinski definition) is 1. The molecule has 23 heavy (non-hydrogen) atoms. The van der Waals surface area contributed by atoms with E-state index in [0.29, 0.717) is 5.56 Å². The highest BCUT2D eigenvalue weighted by atomic mass is 79.9. The Morgan fingerprint density at radius 3 is 2.52 bits per heavy atom. The average Bonchev–Trinajstić information content (AvgIpc) is 2.50. The summed E-state index contributed by atoms with van der Waals surface area (Å²) in [5.74, 6) is -0.621. The molecule has 0 bridgehead atoms. The van der Waals surface area contributed by atoms with E-state index in [1.807, 2.05) is 19.1 Å². The summed E-state index contributed by atoms with van der Waals surface area (Å²) in [7, 11) is 0. The van der Waals surface area contributed by atoms with Crippen LogP contribution in [0, 0.1) is 0 Å². The van der Waals surface area contributed by atoms with Gasteiger partial charge >= 0.3 is 6.61 Å². The van der Waals surface area contributed by atoms with Gasteiger partial charge in [-0.25, -0.2) is 0 Å². The maximum absolute atomic E-state index is 12.5. The van der Waals surface area contributed by atoms with Crippen LogP contribution in [0.3, 0.4) is 0 Å². The summed E-state index contributed by atoms with van der Waals surface area (Å²) >= 11 is 9.00. The molecular weight excluding hydrogens is 392 g/mol. The van der Waals surface area contributed by atoms with Gasteiger partial charge in [0.05, 0.1) is 10.2 Å². The number of nitrogens with one attached hydrogen (secondary N) is 1. The number of carbonyl (C=O) groups is 1. The predicted molar refractivity (Wildman–Crippen MR) is 89.6 cm³/mol. The first-order valence-electron chi connectivity index (χ1n) is 6.75. The molecule has 7 heteroatoms. The SMILES string of the molecule is CCc1ccc(C(=O)Nc2cc(Cl)cc(Br)c2OC(F)F)cc1. The third kappa shape index (κ3) is 4.65. The average molecular weight is 405 g/mol. The molecule has 2 rings (SSSR count). The molecule has 0 radical (unpaired) electrons. The van der Waals surface area contributed by atoms with Crippen molar-refractivity contribution in [3.05, 3.63) is 57.0 Å². The van der Waals surface area contributed by atoms with Crippen molar-refractivity contribution in [2.75, 3.05) is 5.32 Å². The highest BCUT2D eigenvalue weighted by Crippen LogP contribution is 2.37. The third-order valence-electron chi connectivity index (χ3n) is 3.09. The van der Waals surface area contributed by atoms with E-state index in [1.54, 1.807) is 12.1 Å². The van der Waals surface area contributed by atoms with Crippen LogP contribution in [0.4, 0.5) is 14.5 Å². The number of ether oxygens (including phenoxy) is 1. The molecule has 0 unspecified atom stereocenters. The lowest BCUT2D eigenvalue weighted by Gasteiger charge is -2.14. The monoisotopic (exact) mass is 403 g/mol. The molecule has 0 aliphatic rings. The lowest BCUT2D eigenvalue weighted by molar-refractivity contribution is -0.0498. The van der Waals surface area contributed by atoms with Crippen molar-refractivity contribution in [3.8, 4) is 5.75 Å². The molecule has 2 aromatic carbocycles.